The van der Waals surface area contributed by atoms with E-state index in [4.69, 9.17) is 4.74 Å². The van der Waals surface area contributed by atoms with Crippen LogP contribution in [0.4, 0.5) is 5.69 Å². The van der Waals surface area contributed by atoms with E-state index in [9.17, 15) is 9.59 Å². The van der Waals surface area contributed by atoms with Gasteiger partial charge in [0.25, 0.3) is 5.91 Å². The van der Waals surface area contributed by atoms with Crippen molar-refractivity contribution in [2.75, 3.05) is 5.32 Å². The Morgan fingerprint density at radius 2 is 2.00 bits per heavy atom. The molecule has 4 rings (SSSR count). The molecule has 1 aliphatic heterocycles. The highest BCUT2D eigenvalue weighted by atomic mass is 16.5. The zero-order valence-electron chi connectivity index (χ0n) is 17.9. The van der Waals surface area contributed by atoms with E-state index in [1.807, 2.05) is 45.0 Å². The van der Waals surface area contributed by atoms with Gasteiger partial charge in [0, 0.05) is 30.4 Å². The minimum Gasteiger partial charge on any atom is -0.490 e. The largest absolute Gasteiger partial charge is 0.490 e. The monoisotopic (exact) mass is 418 g/mol. The number of benzene rings is 2. The lowest BCUT2D eigenvalue weighted by atomic mass is 10.1. The van der Waals surface area contributed by atoms with Gasteiger partial charge in [-0.3, -0.25) is 14.3 Å². The Bertz CT molecular complexity index is 1140. The number of amides is 2. The first-order chi connectivity index (χ1) is 14.9. The van der Waals surface area contributed by atoms with Crippen molar-refractivity contribution in [1.82, 2.24) is 15.1 Å². The molecule has 0 fully saturated rings. The van der Waals surface area contributed by atoms with Gasteiger partial charge in [0.1, 0.15) is 18.4 Å². The Morgan fingerprint density at radius 3 is 2.77 bits per heavy atom. The Kier molecular flexibility index (Phi) is 5.75. The third-order valence-corrected chi connectivity index (χ3v) is 5.27. The molecule has 7 nitrogen and oxygen atoms in total. The van der Waals surface area contributed by atoms with Crippen LogP contribution >= 0.6 is 0 Å². The van der Waals surface area contributed by atoms with Gasteiger partial charge >= 0.3 is 0 Å². The molecule has 160 valence electrons. The minimum absolute atomic E-state index is 0.115. The molecule has 1 atom stereocenters. The van der Waals surface area contributed by atoms with Crippen molar-refractivity contribution in [3.8, 4) is 5.75 Å². The van der Waals surface area contributed by atoms with Crippen LogP contribution in [-0.4, -0.2) is 27.7 Å². The number of hydrogen-bond acceptors (Lipinski definition) is 4. The number of fused-ring (bicyclic) bond motifs is 1. The predicted molar refractivity (Wildman–Crippen MR) is 118 cm³/mol. The highest BCUT2D eigenvalue weighted by Crippen LogP contribution is 2.29. The number of nitrogens with zero attached hydrogens (tertiary/aromatic N) is 2. The maximum atomic E-state index is 12.7. The molecule has 1 unspecified atom stereocenters. The summed E-state index contributed by atoms with van der Waals surface area (Å²) in [6.45, 7) is 6.35. The van der Waals surface area contributed by atoms with Gasteiger partial charge in [-0.1, -0.05) is 18.2 Å². The van der Waals surface area contributed by atoms with Crippen molar-refractivity contribution in [2.45, 2.75) is 46.4 Å². The highest BCUT2D eigenvalue weighted by Gasteiger charge is 2.19. The van der Waals surface area contributed by atoms with Crippen LogP contribution in [0.25, 0.3) is 0 Å². The topological polar surface area (TPSA) is 85.2 Å². The fourth-order valence-electron chi connectivity index (χ4n) is 3.66. The molecule has 7 heteroatoms. The molecule has 0 bridgehead atoms. The Hall–Kier alpha value is -3.61. The lowest BCUT2D eigenvalue weighted by Crippen LogP contribution is -2.24. The molecule has 2 N–H and O–H groups in total. The number of nitrogens with one attached hydrogen (secondary N) is 2. The molecule has 1 aromatic heterocycles. The summed E-state index contributed by atoms with van der Waals surface area (Å²) in [4.78, 5) is 25.1. The van der Waals surface area contributed by atoms with Crippen molar-refractivity contribution in [1.29, 1.82) is 0 Å². The van der Waals surface area contributed by atoms with Gasteiger partial charge in [0.05, 0.1) is 5.69 Å². The third kappa shape index (κ3) is 4.94. The summed E-state index contributed by atoms with van der Waals surface area (Å²) in [5, 5.41) is 10.1. The van der Waals surface area contributed by atoms with E-state index in [-0.39, 0.29) is 24.5 Å². The molecule has 0 saturated heterocycles. The van der Waals surface area contributed by atoms with Crippen molar-refractivity contribution in [2.24, 2.45) is 0 Å². The van der Waals surface area contributed by atoms with E-state index in [1.54, 1.807) is 23.0 Å². The molecule has 2 aromatic carbocycles. The van der Waals surface area contributed by atoms with Gasteiger partial charge in [-0.05, 0) is 61.7 Å². The number of rotatable bonds is 6. The average molecular weight is 418 g/mol. The molecule has 0 saturated carbocycles. The van der Waals surface area contributed by atoms with Crippen LogP contribution in [0.5, 0.6) is 5.75 Å². The lowest BCUT2D eigenvalue weighted by molar-refractivity contribution is -0.116. The van der Waals surface area contributed by atoms with Crippen LogP contribution in [0.3, 0.4) is 0 Å². The zero-order chi connectivity index (χ0) is 22.0. The summed E-state index contributed by atoms with van der Waals surface area (Å²) < 4.78 is 7.31. The normalized spacial score (nSPS) is 14.6. The molecular weight excluding hydrogens is 392 g/mol. The van der Waals surface area contributed by atoms with Crippen LogP contribution in [-0.2, 0) is 24.3 Å². The van der Waals surface area contributed by atoms with Gasteiger partial charge in [0.2, 0.25) is 5.91 Å². The number of aryl methyl sites for hydroxylation is 2. The summed E-state index contributed by atoms with van der Waals surface area (Å²) in [7, 11) is 0. The number of carbonyl (C=O) groups excluding carboxylic acids is 2. The Labute approximate surface area is 181 Å². The first-order valence-corrected chi connectivity index (χ1v) is 10.3. The Balaban J connectivity index is 1.38. The maximum absolute atomic E-state index is 12.7. The molecule has 3 aromatic rings. The molecule has 2 heterocycles. The van der Waals surface area contributed by atoms with E-state index in [1.165, 1.54) is 5.56 Å². The highest BCUT2D eigenvalue weighted by molar-refractivity contribution is 5.97. The molecule has 0 aliphatic carbocycles. The van der Waals surface area contributed by atoms with Crippen molar-refractivity contribution in [3.05, 3.63) is 76.6 Å². The number of carbonyl (C=O) groups is 2. The summed E-state index contributed by atoms with van der Waals surface area (Å²) in [6, 6.07) is 13.1. The van der Waals surface area contributed by atoms with Crippen LogP contribution < -0.4 is 15.4 Å². The minimum atomic E-state index is -0.196. The van der Waals surface area contributed by atoms with Gasteiger partial charge in [-0.25, -0.2) is 0 Å². The van der Waals surface area contributed by atoms with Gasteiger partial charge in [-0.15, -0.1) is 0 Å². The average Bonchev–Trinajstić information content (AvgIpc) is 3.31. The second kappa shape index (κ2) is 8.63. The van der Waals surface area contributed by atoms with E-state index >= 15 is 0 Å². The molecule has 0 radical (unpaired) electrons. The maximum Gasteiger partial charge on any atom is 0.251 e. The quantitative estimate of drug-likeness (QED) is 0.643. The number of anilines is 1. The number of aromatic nitrogens is 2. The van der Waals surface area contributed by atoms with Crippen LogP contribution in [0.15, 0.2) is 48.7 Å². The van der Waals surface area contributed by atoms with Gasteiger partial charge < -0.3 is 15.4 Å². The third-order valence-electron chi connectivity index (χ3n) is 5.27. The molecule has 31 heavy (non-hydrogen) atoms. The SMILES string of the molecule is Cc1ccn(CC(=O)Nc2cc(C(=O)NCc3ccc4c(c3)CC(C)O4)ccc2C)n1. The van der Waals surface area contributed by atoms with E-state index in [0.717, 1.165) is 29.0 Å². The van der Waals surface area contributed by atoms with Crippen molar-refractivity contribution < 1.29 is 14.3 Å². The summed E-state index contributed by atoms with van der Waals surface area (Å²) in [6.07, 6.45) is 2.84. The van der Waals surface area contributed by atoms with Crippen molar-refractivity contribution >= 4 is 17.5 Å². The van der Waals surface area contributed by atoms with Gasteiger partial charge in [0.15, 0.2) is 0 Å². The van der Waals surface area contributed by atoms with Crippen LogP contribution in [0.2, 0.25) is 0 Å². The van der Waals surface area contributed by atoms with E-state index < -0.39 is 0 Å². The molecule has 1 aliphatic rings. The summed E-state index contributed by atoms with van der Waals surface area (Å²) in [5.74, 6) is 0.536. The van der Waals surface area contributed by atoms with Crippen LogP contribution in [0, 0.1) is 13.8 Å². The number of ether oxygens (including phenoxy) is 1. The lowest BCUT2D eigenvalue weighted by Gasteiger charge is -2.12. The molecular formula is C24H26N4O3. The smallest absolute Gasteiger partial charge is 0.251 e. The standard InChI is InChI=1S/C24H26N4O3/c1-15-4-6-19(12-21(15)26-23(29)14-28-9-8-16(2)27-28)24(30)25-13-18-5-7-22-20(11-18)10-17(3)31-22/h4-9,11-12,17H,10,13-14H2,1-3H3,(H,25,30)(H,26,29). The second-order valence-corrected chi connectivity index (χ2v) is 7.99. The van der Waals surface area contributed by atoms with E-state index in [2.05, 4.69) is 21.8 Å². The predicted octanol–water partition coefficient (Wildman–Crippen LogP) is 3.39. The Morgan fingerprint density at radius 1 is 1.16 bits per heavy atom. The first kappa shape index (κ1) is 20.7. The number of hydrogen-bond donors (Lipinski definition) is 2. The van der Waals surface area contributed by atoms with Crippen molar-refractivity contribution in [3.63, 3.8) is 0 Å². The summed E-state index contributed by atoms with van der Waals surface area (Å²) in [5.41, 5.74) is 5.05. The fourth-order valence-corrected chi connectivity index (χ4v) is 3.66. The fraction of sp³-hybridized carbons (Fsp3) is 0.292. The van der Waals surface area contributed by atoms with E-state index in [0.29, 0.717) is 17.8 Å². The summed E-state index contributed by atoms with van der Waals surface area (Å²) >= 11 is 0. The molecule has 0 spiro atoms. The first-order valence-electron chi connectivity index (χ1n) is 10.3. The second-order valence-electron chi connectivity index (χ2n) is 7.99. The van der Waals surface area contributed by atoms with Gasteiger partial charge in [-0.2, -0.15) is 5.10 Å². The van der Waals surface area contributed by atoms with Crippen LogP contribution in [0.1, 0.15) is 39.7 Å². The molecule has 2 amide bonds. The zero-order valence-corrected chi connectivity index (χ0v) is 17.9.